The van der Waals surface area contributed by atoms with Crippen LogP contribution in [0.1, 0.15) is 39.9 Å². The second-order valence-corrected chi connectivity index (χ2v) is 5.93. The first-order valence-electron chi connectivity index (χ1n) is 6.70. The van der Waals surface area contributed by atoms with E-state index in [1.807, 2.05) is 12.1 Å². The molecule has 1 saturated carbocycles. The number of carbonyl (C=O) groups excluding carboxylic acids is 1. The van der Waals surface area contributed by atoms with Crippen LogP contribution in [0.15, 0.2) is 24.5 Å². The normalized spacial score (nSPS) is 14.5. The summed E-state index contributed by atoms with van der Waals surface area (Å²) >= 11 is 1.26. The summed E-state index contributed by atoms with van der Waals surface area (Å²) in [5, 5.41) is 15.8. The molecule has 3 aromatic rings. The summed E-state index contributed by atoms with van der Waals surface area (Å²) in [6, 6.07) is 3.73. The molecule has 0 radical (unpaired) electrons. The van der Waals surface area contributed by atoms with Crippen molar-refractivity contribution in [1.82, 2.24) is 30.1 Å². The van der Waals surface area contributed by atoms with E-state index in [-0.39, 0.29) is 5.91 Å². The summed E-state index contributed by atoms with van der Waals surface area (Å²) in [6.45, 7) is 0.455. The van der Waals surface area contributed by atoms with Gasteiger partial charge in [0.1, 0.15) is 0 Å². The summed E-state index contributed by atoms with van der Waals surface area (Å²) in [7, 11) is 0. The Bertz CT molecular complexity index is 791. The lowest BCUT2D eigenvalue weighted by atomic mass is 10.3. The van der Waals surface area contributed by atoms with Crippen LogP contribution < -0.4 is 5.32 Å². The van der Waals surface area contributed by atoms with Crippen LogP contribution in [0.3, 0.4) is 0 Å². The first-order valence-corrected chi connectivity index (χ1v) is 7.52. The highest BCUT2D eigenvalue weighted by atomic mass is 32.1. The Morgan fingerprint density at radius 3 is 2.90 bits per heavy atom. The number of pyridine rings is 1. The van der Waals surface area contributed by atoms with Gasteiger partial charge in [-0.15, -0.1) is 15.3 Å². The molecule has 7 nitrogen and oxygen atoms in total. The van der Waals surface area contributed by atoms with Gasteiger partial charge < -0.3 is 5.32 Å². The van der Waals surface area contributed by atoms with Crippen molar-refractivity contribution in [1.29, 1.82) is 0 Å². The molecule has 1 N–H and O–H groups in total. The quantitative estimate of drug-likeness (QED) is 0.787. The van der Waals surface area contributed by atoms with E-state index in [1.165, 1.54) is 11.3 Å². The van der Waals surface area contributed by atoms with Gasteiger partial charge in [-0.05, 0) is 30.5 Å². The first kappa shape index (κ1) is 12.4. The molecule has 0 spiro atoms. The van der Waals surface area contributed by atoms with Crippen LogP contribution in [-0.4, -0.2) is 30.7 Å². The summed E-state index contributed by atoms with van der Waals surface area (Å²) < 4.78 is 1.70. The fourth-order valence-corrected chi connectivity index (χ4v) is 2.84. The van der Waals surface area contributed by atoms with Crippen LogP contribution in [0.2, 0.25) is 0 Å². The van der Waals surface area contributed by atoms with Gasteiger partial charge in [0.15, 0.2) is 5.82 Å². The van der Waals surface area contributed by atoms with Gasteiger partial charge >= 0.3 is 0 Å². The molecule has 3 heterocycles. The lowest BCUT2D eigenvalue weighted by Crippen LogP contribution is -2.22. The smallest absolute Gasteiger partial charge is 0.282 e. The third kappa shape index (κ3) is 2.38. The van der Waals surface area contributed by atoms with Crippen molar-refractivity contribution in [3.63, 3.8) is 0 Å². The molecule has 1 fully saturated rings. The molecule has 8 heteroatoms. The van der Waals surface area contributed by atoms with Crippen LogP contribution in [0.4, 0.5) is 0 Å². The highest BCUT2D eigenvalue weighted by molar-refractivity contribution is 7.18. The minimum atomic E-state index is -0.191. The van der Waals surface area contributed by atoms with E-state index in [9.17, 15) is 4.79 Å². The van der Waals surface area contributed by atoms with Gasteiger partial charge in [0.2, 0.25) is 9.97 Å². The highest BCUT2D eigenvalue weighted by Gasteiger charge is 2.30. The summed E-state index contributed by atoms with van der Waals surface area (Å²) in [6.07, 6.45) is 5.66. The van der Waals surface area contributed by atoms with Crippen molar-refractivity contribution in [2.75, 3.05) is 0 Å². The van der Waals surface area contributed by atoms with Crippen molar-refractivity contribution in [3.05, 3.63) is 40.9 Å². The van der Waals surface area contributed by atoms with Crippen LogP contribution in [0.5, 0.6) is 0 Å². The van der Waals surface area contributed by atoms with Crippen molar-refractivity contribution in [2.24, 2.45) is 0 Å². The summed E-state index contributed by atoms with van der Waals surface area (Å²) in [5.41, 5.74) is 1.00. The van der Waals surface area contributed by atoms with Gasteiger partial charge in [-0.3, -0.25) is 9.78 Å². The number of nitrogens with zero attached hydrogens (tertiary/aromatic N) is 5. The number of hydrogen-bond donors (Lipinski definition) is 1. The Kier molecular flexibility index (Phi) is 2.88. The molecule has 0 saturated heterocycles. The summed E-state index contributed by atoms with van der Waals surface area (Å²) in [4.78, 5) is 16.8. The van der Waals surface area contributed by atoms with Gasteiger partial charge in [-0.2, -0.15) is 4.52 Å². The number of amides is 1. The number of nitrogens with one attached hydrogen (secondary N) is 1. The molecule has 4 rings (SSSR count). The molecule has 1 amide bonds. The average molecular weight is 300 g/mol. The van der Waals surface area contributed by atoms with Crippen LogP contribution in [0, 0.1) is 0 Å². The van der Waals surface area contributed by atoms with E-state index in [1.54, 1.807) is 16.9 Å². The predicted molar refractivity (Wildman–Crippen MR) is 76.0 cm³/mol. The van der Waals surface area contributed by atoms with E-state index >= 15 is 0 Å². The zero-order chi connectivity index (χ0) is 14.2. The molecule has 3 aromatic heterocycles. The maximum atomic E-state index is 12.1. The maximum Gasteiger partial charge on any atom is 0.282 e. The topological polar surface area (TPSA) is 85.1 Å². The average Bonchev–Trinajstić information content (AvgIpc) is 3.14. The zero-order valence-corrected chi connectivity index (χ0v) is 11.9. The largest absolute Gasteiger partial charge is 0.346 e. The minimum Gasteiger partial charge on any atom is -0.346 e. The second-order valence-electron chi connectivity index (χ2n) is 4.97. The van der Waals surface area contributed by atoms with E-state index < -0.39 is 0 Å². The monoisotopic (exact) mass is 300 g/mol. The number of aromatic nitrogens is 5. The van der Waals surface area contributed by atoms with E-state index in [2.05, 4.69) is 25.6 Å². The Balaban J connectivity index is 1.51. The fourth-order valence-electron chi connectivity index (χ4n) is 2.08. The van der Waals surface area contributed by atoms with Crippen LogP contribution in [-0.2, 0) is 6.54 Å². The Morgan fingerprint density at radius 1 is 1.33 bits per heavy atom. The molecule has 0 unspecified atom stereocenters. The van der Waals surface area contributed by atoms with Gasteiger partial charge in [0.25, 0.3) is 5.91 Å². The van der Waals surface area contributed by atoms with Crippen molar-refractivity contribution < 1.29 is 4.79 Å². The zero-order valence-electron chi connectivity index (χ0n) is 11.1. The Morgan fingerprint density at radius 2 is 2.14 bits per heavy atom. The van der Waals surface area contributed by atoms with Crippen molar-refractivity contribution in [2.45, 2.75) is 25.3 Å². The van der Waals surface area contributed by atoms with Crippen LogP contribution in [0.25, 0.3) is 4.96 Å². The standard InChI is InChI=1S/C13H12N6OS/c20-11(15-7-8-3-5-14-6-4-8)12-18-19-10(9-1-2-9)16-17-13(19)21-12/h3-6,9H,1-2,7H2,(H,15,20). The van der Waals surface area contributed by atoms with Crippen molar-refractivity contribution in [3.8, 4) is 0 Å². The lowest BCUT2D eigenvalue weighted by Gasteiger charge is -2.01. The van der Waals surface area contributed by atoms with Gasteiger partial charge in [0, 0.05) is 24.9 Å². The van der Waals surface area contributed by atoms with Crippen molar-refractivity contribution >= 4 is 22.2 Å². The molecule has 1 aliphatic carbocycles. The molecule has 0 aromatic carbocycles. The molecular weight excluding hydrogens is 288 g/mol. The maximum absolute atomic E-state index is 12.1. The van der Waals surface area contributed by atoms with E-state index in [4.69, 9.17) is 0 Å². The third-order valence-corrected chi connectivity index (χ3v) is 4.25. The number of fused-ring (bicyclic) bond motifs is 1. The first-order chi connectivity index (χ1) is 10.3. The number of hydrogen-bond acceptors (Lipinski definition) is 6. The Hall–Kier alpha value is -2.35. The Labute approximate surface area is 124 Å². The van der Waals surface area contributed by atoms with E-state index in [0.29, 0.717) is 22.4 Å². The molecule has 1 aliphatic rings. The highest BCUT2D eigenvalue weighted by Crippen LogP contribution is 2.39. The molecule has 21 heavy (non-hydrogen) atoms. The van der Waals surface area contributed by atoms with Gasteiger partial charge in [-0.1, -0.05) is 11.3 Å². The molecule has 0 aliphatic heterocycles. The predicted octanol–water partition coefficient (Wildman–Crippen LogP) is 1.39. The fraction of sp³-hybridized carbons (Fsp3) is 0.308. The summed E-state index contributed by atoms with van der Waals surface area (Å²) in [5.74, 6) is 1.13. The van der Waals surface area contributed by atoms with Crippen LogP contribution >= 0.6 is 11.3 Å². The molecular formula is C13H12N6OS. The second kappa shape index (κ2) is 4.88. The van der Waals surface area contributed by atoms with Gasteiger partial charge in [0.05, 0.1) is 0 Å². The van der Waals surface area contributed by atoms with E-state index in [0.717, 1.165) is 24.2 Å². The lowest BCUT2D eigenvalue weighted by molar-refractivity contribution is 0.0949. The number of rotatable bonds is 4. The van der Waals surface area contributed by atoms with Gasteiger partial charge in [-0.25, -0.2) is 0 Å². The molecule has 0 atom stereocenters. The molecule has 0 bridgehead atoms. The third-order valence-electron chi connectivity index (χ3n) is 3.35. The minimum absolute atomic E-state index is 0.191. The number of carbonyl (C=O) groups is 1. The SMILES string of the molecule is O=C(NCc1ccncc1)c1nn2c(C3CC3)nnc2s1. The molecule has 106 valence electrons.